The fourth-order valence-electron chi connectivity index (χ4n) is 1.68. The Balaban J connectivity index is 1.67. The van der Waals surface area contributed by atoms with Gasteiger partial charge in [0.2, 0.25) is 0 Å². The van der Waals surface area contributed by atoms with Gasteiger partial charge in [0, 0.05) is 17.6 Å². The van der Waals surface area contributed by atoms with Crippen LogP contribution in [-0.2, 0) is 13.1 Å². The van der Waals surface area contributed by atoms with Crippen LogP contribution in [0.25, 0.3) is 0 Å². The zero-order valence-electron chi connectivity index (χ0n) is 10.8. The number of nitrogens with zero attached hydrogens (tertiary/aromatic N) is 3. The van der Waals surface area contributed by atoms with Crippen LogP contribution < -0.4 is 10.1 Å². The third-order valence-corrected chi connectivity index (χ3v) is 3.16. The molecule has 0 amide bonds. The molecule has 6 heteroatoms. The molecule has 5 nitrogen and oxygen atoms in total. The normalized spacial score (nSPS) is 10.6. The highest BCUT2D eigenvalue weighted by atomic mass is 79.9. The molecule has 1 N–H and O–H groups in total. The van der Waals surface area contributed by atoms with Crippen LogP contribution in [-0.4, -0.2) is 27.9 Å². The van der Waals surface area contributed by atoms with Crippen molar-refractivity contribution in [2.75, 3.05) is 13.2 Å². The molecule has 0 atom stereocenters. The molecule has 0 saturated carbocycles. The number of aryl methyl sites for hydroxylation is 1. The smallest absolute Gasteiger partial charge is 0.146 e. The third kappa shape index (κ3) is 4.33. The van der Waals surface area contributed by atoms with Crippen LogP contribution in [0.2, 0.25) is 0 Å². The molecular formula is C13H17BrN4O. The predicted molar refractivity (Wildman–Crippen MR) is 77.0 cm³/mol. The van der Waals surface area contributed by atoms with Crippen molar-refractivity contribution in [2.24, 2.45) is 0 Å². The molecule has 2 aromatic rings. The number of rotatable bonds is 7. The Morgan fingerprint density at radius 1 is 1.42 bits per heavy atom. The standard InChI is InChI=1S/C13H17BrN4O/c1-2-18-10-16-17-13(18)9-15-6-7-19-12-5-3-4-11(14)8-12/h3-5,8,10,15H,2,6-7,9H2,1H3. The summed E-state index contributed by atoms with van der Waals surface area (Å²) in [4.78, 5) is 0. The van der Waals surface area contributed by atoms with Gasteiger partial charge in [0.25, 0.3) is 0 Å². The molecule has 1 aromatic carbocycles. The Bertz CT molecular complexity index is 515. The molecule has 2 rings (SSSR count). The minimum Gasteiger partial charge on any atom is -0.492 e. The molecular weight excluding hydrogens is 308 g/mol. The Hall–Kier alpha value is -1.40. The molecule has 0 aliphatic carbocycles. The summed E-state index contributed by atoms with van der Waals surface area (Å²) in [6.07, 6.45) is 1.75. The van der Waals surface area contributed by atoms with Gasteiger partial charge in [-0.1, -0.05) is 22.0 Å². The van der Waals surface area contributed by atoms with Crippen molar-refractivity contribution < 1.29 is 4.74 Å². The lowest BCUT2D eigenvalue weighted by atomic mass is 10.3. The maximum atomic E-state index is 5.63. The monoisotopic (exact) mass is 324 g/mol. The minimum atomic E-state index is 0.622. The first-order chi connectivity index (χ1) is 9.29. The first-order valence-electron chi connectivity index (χ1n) is 6.25. The van der Waals surface area contributed by atoms with E-state index in [1.54, 1.807) is 6.33 Å². The van der Waals surface area contributed by atoms with Gasteiger partial charge in [-0.05, 0) is 25.1 Å². The van der Waals surface area contributed by atoms with E-state index in [0.717, 1.165) is 29.1 Å². The van der Waals surface area contributed by atoms with Crippen LogP contribution >= 0.6 is 15.9 Å². The van der Waals surface area contributed by atoms with Crippen LogP contribution in [0.15, 0.2) is 35.1 Å². The number of hydrogen-bond donors (Lipinski definition) is 1. The molecule has 0 saturated heterocycles. The van der Waals surface area contributed by atoms with E-state index in [-0.39, 0.29) is 0 Å². The van der Waals surface area contributed by atoms with E-state index in [0.29, 0.717) is 13.2 Å². The van der Waals surface area contributed by atoms with Gasteiger partial charge in [-0.15, -0.1) is 10.2 Å². The fourth-order valence-corrected chi connectivity index (χ4v) is 2.06. The average molecular weight is 325 g/mol. The quantitative estimate of drug-likeness (QED) is 0.793. The summed E-state index contributed by atoms with van der Waals surface area (Å²) in [5.41, 5.74) is 0. The summed E-state index contributed by atoms with van der Waals surface area (Å²) in [5, 5.41) is 11.2. The zero-order chi connectivity index (χ0) is 13.5. The molecule has 102 valence electrons. The molecule has 0 aliphatic rings. The van der Waals surface area contributed by atoms with E-state index in [1.807, 2.05) is 28.8 Å². The first kappa shape index (κ1) is 14.0. The number of aromatic nitrogens is 3. The molecule has 0 aliphatic heterocycles. The number of nitrogens with one attached hydrogen (secondary N) is 1. The number of ether oxygens (including phenoxy) is 1. The second-order valence-electron chi connectivity index (χ2n) is 4.02. The second-order valence-corrected chi connectivity index (χ2v) is 4.93. The summed E-state index contributed by atoms with van der Waals surface area (Å²) in [7, 11) is 0. The average Bonchev–Trinajstić information content (AvgIpc) is 2.86. The Kier molecular flexibility index (Phi) is 5.35. The molecule has 1 aromatic heterocycles. The SMILES string of the molecule is CCn1cnnc1CNCCOc1cccc(Br)c1. The van der Waals surface area contributed by atoms with E-state index in [9.17, 15) is 0 Å². The summed E-state index contributed by atoms with van der Waals surface area (Å²) >= 11 is 3.41. The predicted octanol–water partition coefficient (Wildman–Crippen LogP) is 2.23. The van der Waals surface area contributed by atoms with E-state index in [2.05, 4.69) is 38.4 Å². The van der Waals surface area contributed by atoms with E-state index >= 15 is 0 Å². The van der Waals surface area contributed by atoms with Crippen LogP contribution in [0, 0.1) is 0 Å². The van der Waals surface area contributed by atoms with E-state index in [1.165, 1.54) is 0 Å². The fraction of sp³-hybridized carbons (Fsp3) is 0.385. The van der Waals surface area contributed by atoms with Crippen molar-refractivity contribution in [2.45, 2.75) is 20.0 Å². The van der Waals surface area contributed by atoms with Gasteiger partial charge in [0.15, 0.2) is 0 Å². The first-order valence-corrected chi connectivity index (χ1v) is 7.04. The van der Waals surface area contributed by atoms with Crippen molar-refractivity contribution in [1.82, 2.24) is 20.1 Å². The largest absolute Gasteiger partial charge is 0.492 e. The van der Waals surface area contributed by atoms with Gasteiger partial charge < -0.3 is 14.6 Å². The molecule has 0 unspecified atom stereocenters. The lowest BCUT2D eigenvalue weighted by Crippen LogP contribution is -2.22. The van der Waals surface area contributed by atoms with E-state index < -0.39 is 0 Å². The lowest BCUT2D eigenvalue weighted by Gasteiger charge is -2.08. The van der Waals surface area contributed by atoms with Gasteiger partial charge in [0.05, 0.1) is 6.54 Å². The number of hydrogen-bond acceptors (Lipinski definition) is 4. The topological polar surface area (TPSA) is 52.0 Å². The molecule has 0 radical (unpaired) electrons. The molecule has 19 heavy (non-hydrogen) atoms. The second kappa shape index (κ2) is 7.25. The van der Waals surface area contributed by atoms with Gasteiger partial charge in [-0.3, -0.25) is 0 Å². The van der Waals surface area contributed by atoms with Gasteiger partial charge in [-0.25, -0.2) is 0 Å². The lowest BCUT2D eigenvalue weighted by molar-refractivity contribution is 0.312. The van der Waals surface area contributed by atoms with Crippen LogP contribution in [0.4, 0.5) is 0 Å². The summed E-state index contributed by atoms with van der Waals surface area (Å²) < 4.78 is 8.67. The summed E-state index contributed by atoms with van der Waals surface area (Å²) in [6, 6.07) is 7.82. The Morgan fingerprint density at radius 2 is 2.32 bits per heavy atom. The van der Waals surface area contributed by atoms with Crippen LogP contribution in [0.3, 0.4) is 0 Å². The molecule has 0 fully saturated rings. The summed E-state index contributed by atoms with van der Waals surface area (Å²) in [5.74, 6) is 1.82. The highest BCUT2D eigenvalue weighted by Crippen LogP contribution is 2.17. The van der Waals surface area contributed by atoms with Crippen molar-refractivity contribution >= 4 is 15.9 Å². The van der Waals surface area contributed by atoms with E-state index in [4.69, 9.17) is 4.74 Å². The van der Waals surface area contributed by atoms with Crippen molar-refractivity contribution in [3.05, 3.63) is 40.9 Å². The zero-order valence-corrected chi connectivity index (χ0v) is 12.4. The maximum absolute atomic E-state index is 5.63. The maximum Gasteiger partial charge on any atom is 0.146 e. The van der Waals surface area contributed by atoms with Gasteiger partial charge in [-0.2, -0.15) is 0 Å². The van der Waals surface area contributed by atoms with Crippen LogP contribution in [0.5, 0.6) is 5.75 Å². The highest BCUT2D eigenvalue weighted by Gasteiger charge is 2.01. The van der Waals surface area contributed by atoms with Gasteiger partial charge in [0.1, 0.15) is 24.5 Å². The Labute approximate surface area is 121 Å². The molecule has 0 spiro atoms. The number of benzene rings is 1. The van der Waals surface area contributed by atoms with Gasteiger partial charge >= 0.3 is 0 Å². The van der Waals surface area contributed by atoms with Crippen LogP contribution in [0.1, 0.15) is 12.7 Å². The molecule has 0 bridgehead atoms. The summed E-state index contributed by atoms with van der Waals surface area (Å²) in [6.45, 7) is 5.05. The third-order valence-electron chi connectivity index (χ3n) is 2.66. The Morgan fingerprint density at radius 3 is 3.11 bits per heavy atom. The highest BCUT2D eigenvalue weighted by molar-refractivity contribution is 9.10. The van der Waals surface area contributed by atoms with Crippen molar-refractivity contribution in [3.8, 4) is 5.75 Å². The number of halogens is 1. The molecule has 1 heterocycles. The van der Waals surface area contributed by atoms with Crippen molar-refractivity contribution in [1.29, 1.82) is 0 Å². The van der Waals surface area contributed by atoms with Crippen molar-refractivity contribution in [3.63, 3.8) is 0 Å². The minimum absolute atomic E-state index is 0.622.